The zero-order valence-corrected chi connectivity index (χ0v) is 12.2. The van der Waals surface area contributed by atoms with Gasteiger partial charge in [-0.1, -0.05) is 6.92 Å². The molecule has 5 heteroatoms. The third-order valence-corrected chi connectivity index (χ3v) is 4.65. The van der Waals surface area contributed by atoms with Crippen LogP contribution in [0.1, 0.15) is 31.2 Å². The molecule has 3 heterocycles. The van der Waals surface area contributed by atoms with E-state index in [0.29, 0.717) is 11.9 Å². The number of carbonyl (C=O) groups is 1. The Labute approximate surface area is 120 Å². The minimum atomic E-state index is 0.0308. The van der Waals surface area contributed by atoms with Gasteiger partial charge in [0.2, 0.25) is 5.82 Å². The monoisotopic (exact) mass is 275 g/mol. The van der Waals surface area contributed by atoms with Crippen LogP contribution >= 0.6 is 0 Å². The summed E-state index contributed by atoms with van der Waals surface area (Å²) < 4.78 is 1.61. The minimum absolute atomic E-state index is 0.0308. The zero-order chi connectivity index (χ0) is 14.3. The van der Waals surface area contributed by atoms with Gasteiger partial charge in [0.25, 0.3) is 0 Å². The molecule has 0 aliphatic carbocycles. The molecule has 108 valence electrons. The number of aromatic nitrogens is 1. The largest absolute Gasteiger partial charge is 0.443 e. The molecule has 1 fully saturated rings. The number of hydrogen-bond donors (Lipinski definition) is 1. The first-order valence-electron chi connectivity index (χ1n) is 7.37. The Balaban J connectivity index is 1.90. The standard InChI is InChI=1S/C15H22N4O/c1-11-10-19(12-5-8-17(2)9-6-12)15(20)18-7-3-4-13(11)14(18)16/h3-4,7,11-12,16H,5-6,8-10H2,1-2H3/p+1. The topological polar surface area (TPSA) is 53.5 Å². The van der Waals surface area contributed by atoms with Crippen LogP contribution in [0.15, 0.2) is 18.3 Å². The molecule has 1 atom stereocenters. The number of pyridine rings is 1. The second kappa shape index (κ2) is 5.05. The third-order valence-electron chi connectivity index (χ3n) is 4.65. The summed E-state index contributed by atoms with van der Waals surface area (Å²) in [6.45, 7) is 5.02. The van der Waals surface area contributed by atoms with Crippen LogP contribution in [0, 0.1) is 0 Å². The second-order valence-corrected chi connectivity index (χ2v) is 6.09. The smallest absolute Gasteiger partial charge is 0.318 e. The van der Waals surface area contributed by atoms with E-state index in [2.05, 4.69) is 18.9 Å². The summed E-state index contributed by atoms with van der Waals surface area (Å²) in [7, 11) is 2.14. The summed E-state index contributed by atoms with van der Waals surface area (Å²) in [5.41, 5.74) is 7.23. The molecule has 2 aliphatic heterocycles. The summed E-state index contributed by atoms with van der Waals surface area (Å²) in [5.74, 6) is 0.883. The number of carbonyl (C=O) groups excluding carboxylic acids is 1. The molecule has 2 aliphatic rings. The number of likely N-dealkylation sites (tertiary alicyclic amines) is 1. The number of nitrogens with zero attached hydrogens (tertiary/aromatic N) is 3. The van der Waals surface area contributed by atoms with Gasteiger partial charge in [0.15, 0.2) is 0 Å². The molecule has 2 N–H and O–H groups in total. The lowest BCUT2D eigenvalue weighted by atomic mass is 9.99. The van der Waals surface area contributed by atoms with E-state index in [9.17, 15) is 4.79 Å². The highest BCUT2D eigenvalue weighted by Crippen LogP contribution is 2.26. The molecule has 1 aromatic rings. The van der Waals surface area contributed by atoms with Crippen molar-refractivity contribution in [3.05, 3.63) is 23.9 Å². The van der Waals surface area contributed by atoms with Crippen LogP contribution in [0.2, 0.25) is 0 Å². The van der Waals surface area contributed by atoms with Crippen LogP contribution < -0.4 is 10.3 Å². The number of rotatable bonds is 1. The van der Waals surface area contributed by atoms with Crippen molar-refractivity contribution in [2.75, 3.05) is 32.4 Å². The van der Waals surface area contributed by atoms with Gasteiger partial charge in [-0.3, -0.25) is 4.90 Å². The molecule has 1 unspecified atom stereocenters. The maximum absolute atomic E-state index is 12.8. The Hall–Kier alpha value is -1.62. The van der Waals surface area contributed by atoms with E-state index >= 15 is 0 Å². The summed E-state index contributed by atoms with van der Waals surface area (Å²) in [6, 6.07) is 4.31. The van der Waals surface area contributed by atoms with Gasteiger partial charge in [-0.05, 0) is 32.0 Å². The Morgan fingerprint density at radius 3 is 2.75 bits per heavy atom. The van der Waals surface area contributed by atoms with Gasteiger partial charge in [-0.15, -0.1) is 0 Å². The number of amides is 1. The second-order valence-electron chi connectivity index (χ2n) is 6.09. The lowest BCUT2D eigenvalue weighted by Crippen LogP contribution is -2.57. The summed E-state index contributed by atoms with van der Waals surface area (Å²) in [4.78, 5) is 17.1. The van der Waals surface area contributed by atoms with Crippen LogP contribution in [0.5, 0.6) is 0 Å². The molecule has 3 rings (SSSR count). The van der Waals surface area contributed by atoms with E-state index in [1.165, 1.54) is 0 Å². The fourth-order valence-corrected chi connectivity index (χ4v) is 3.34. The predicted octanol–water partition coefficient (Wildman–Crippen LogP) is 1.04. The molecule has 0 aromatic carbocycles. The zero-order valence-electron chi connectivity index (χ0n) is 12.2. The molecule has 5 nitrogen and oxygen atoms in total. The first-order chi connectivity index (χ1) is 9.58. The van der Waals surface area contributed by atoms with Crippen molar-refractivity contribution < 1.29 is 9.36 Å². The molecule has 1 aromatic heterocycles. The van der Waals surface area contributed by atoms with Crippen molar-refractivity contribution in [2.45, 2.75) is 31.7 Å². The molecule has 0 radical (unpaired) electrons. The van der Waals surface area contributed by atoms with Gasteiger partial charge in [-0.25, -0.2) is 4.79 Å². The Morgan fingerprint density at radius 2 is 2.05 bits per heavy atom. The molecular formula is C15H23N4O+. The van der Waals surface area contributed by atoms with Crippen LogP contribution in [-0.2, 0) is 0 Å². The molecule has 1 saturated heterocycles. The van der Waals surface area contributed by atoms with Gasteiger partial charge in [-0.2, -0.15) is 4.57 Å². The first kappa shape index (κ1) is 13.4. The quantitative estimate of drug-likeness (QED) is 0.779. The van der Waals surface area contributed by atoms with Crippen LogP contribution in [0.4, 0.5) is 10.6 Å². The average Bonchev–Trinajstić information content (AvgIpc) is 2.50. The fraction of sp³-hybridized carbons (Fsp3) is 0.600. The highest BCUT2D eigenvalue weighted by Gasteiger charge is 2.38. The number of fused-ring (bicyclic) bond motifs is 2. The number of nitrogen functional groups attached to an aromatic ring is 1. The first-order valence-corrected chi connectivity index (χ1v) is 7.37. The van der Waals surface area contributed by atoms with E-state index in [-0.39, 0.29) is 11.9 Å². The van der Waals surface area contributed by atoms with Gasteiger partial charge < -0.3 is 10.6 Å². The maximum atomic E-state index is 12.8. The van der Waals surface area contributed by atoms with E-state index in [1.807, 2.05) is 17.0 Å². The predicted molar refractivity (Wildman–Crippen MR) is 77.5 cm³/mol. The van der Waals surface area contributed by atoms with Crippen molar-refractivity contribution in [3.8, 4) is 0 Å². The van der Waals surface area contributed by atoms with Crippen molar-refractivity contribution in [1.29, 1.82) is 0 Å². The normalized spacial score (nSPS) is 24.8. The third kappa shape index (κ3) is 2.16. The summed E-state index contributed by atoms with van der Waals surface area (Å²) in [5, 5.41) is 0. The highest BCUT2D eigenvalue weighted by molar-refractivity contribution is 5.68. The van der Waals surface area contributed by atoms with Gasteiger partial charge in [0.05, 0.1) is 18.8 Å². The van der Waals surface area contributed by atoms with Crippen LogP contribution in [0.3, 0.4) is 0 Å². The number of piperidine rings is 1. The van der Waals surface area contributed by atoms with Crippen LogP contribution in [0.25, 0.3) is 0 Å². The molecule has 1 amide bonds. The van der Waals surface area contributed by atoms with Crippen molar-refractivity contribution in [2.24, 2.45) is 0 Å². The van der Waals surface area contributed by atoms with Crippen molar-refractivity contribution in [3.63, 3.8) is 0 Å². The van der Waals surface area contributed by atoms with Crippen LogP contribution in [-0.4, -0.2) is 48.6 Å². The minimum Gasteiger partial charge on any atom is -0.318 e. The maximum Gasteiger partial charge on any atom is 0.443 e. The number of hydrogen-bond acceptors (Lipinski definition) is 3. The number of nitrogens with two attached hydrogens (primary N) is 1. The van der Waals surface area contributed by atoms with E-state index < -0.39 is 0 Å². The highest BCUT2D eigenvalue weighted by atomic mass is 16.2. The molecule has 2 bridgehead atoms. The summed E-state index contributed by atoms with van der Waals surface area (Å²) in [6.07, 6.45) is 3.87. The Kier molecular flexibility index (Phi) is 3.38. The SMILES string of the molecule is CC1CN(C2CCN(C)CC2)C(=O)[n+]2cccc1c2N. The number of anilines is 1. The molecule has 0 saturated carbocycles. The van der Waals surface area contributed by atoms with Crippen molar-refractivity contribution in [1.82, 2.24) is 9.80 Å². The Morgan fingerprint density at radius 1 is 1.35 bits per heavy atom. The van der Waals surface area contributed by atoms with E-state index in [0.717, 1.165) is 38.0 Å². The lowest BCUT2D eigenvalue weighted by molar-refractivity contribution is -0.563. The van der Waals surface area contributed by atoms with Gasteiger partial charge >= 0.3 is 6.03 Å². The fourth-order valence-electron chi connectivity index (χ4n) is 3.34. The van der Waals surface area contributed by atoms with Gasteiger partial charge in [0.1, 0.15) is 0 Å². The molecule has 0 spiro atoms. The molecule has 20 heavy (non-hydrogen) atoms. The van der Waals surface area contributed by atoms with E-state index in [4.69, 9.17) is 5.73 Å². The summed E-state index contributed by atoms with van der Waals surface area (Å²) >= 11 is 0. The molecular weight excluding hydrogens is 252 g/mol. The Bertz CT molecular complexity index is 523. The average molecular weight is 275 g/mol. The van der Waals surface area contributed by atoms with E-state index in [1.54, 1.807) is 10.8 Å². The van der Waals surface area contributed by atoms with Gasteiger partial charge in [0, 0.05) is 24.6 Å². The lowest BCUT2D eigenvalue weighted by Gasteiger charge is -2.34. The van der Waals surface area contributed by atoms with Crippen molar-refractivity contribution >= 4 is 11.8 Å².